The van der Waals surface area contributed by atoms with Gasteiger partial charge in [0.05, 0.1) is 12.7 Å². The van der Waals surface area contributed by atoms with Crippen molar-refractivity contribution in [1.29, 1.82) is 0 Å². The van der Waals surface area contributed by atoms with E-state index in [2.05, 4.69) is 29.6 Å². The van der Waals surface area contributed by atoms with Crippen molar-refractivity contribution in [3.05, 3.63) is 69.2 Å². The van der Waals surface area contributed by atoms with Crippen LogP contribution in [0.4, 0.5) is 0 Å². The fourth-order valence-corrected chi connectivity index (χ4v) is 3.07. The van der Waals surface area contributed by atoms with Gasteiger partial charge >= 0.3 is 0 Å². The molecule has 0 spiro atoms. The molecule has 3 rings (SSSR count). The van der Waals surface area contributed by atoms with Crippen LogP contribution >= 0.6 is 23.2 Å². The van der Waals surface area contributed by atoms with Gasteiger partial charge in [-0.25, -0.2) is 0 Å². The van der Waals surface area contributed by atoms with Gasteiger partial charge in [-0.1, -0.05) is 53.5 Å². The van der Waals surface area contributed by atoms with E-state index in [1.807, 2.05) is 18.2 Å². The van der Waals surface area contributed by atoms with Gasteiger partial charge in [0, 0.05) is 29.6 Å². The molecule has 0 saturated carbocycles. The second kappa shape index (κ2) is 6.80. The van der Waals surface area contributed by atoms with Crippen LogP contribution in [0.2, 0.25) is 10.0 Å². The number of benzene rings is 2. The second-order valence-electron chi connectivity index (χ2n) is 5.18. The van der Waals surface area contributed by atoms with E-state index in [0.29, 0.717) is 10.0 Å². The third-order valence-electron chi connectivity index (χ3n) is 3.72. The predicted molar refractivity (Wildman–Crippen MR) is 87.3 cm³/mol. The number of rotatable bonds is 3. The highest BCUT2D eigenvalue weighted by molar-refractivity contribution is 6.36. The maximum absolute atomic E-state index is 6.22. The smallest absolute Gasteiger partial charge is 0.0949 e. The maximum Gasteiger partial charge on any atom is 0.0949 e. The summed E-state index contributed by atoms with van der Waals surface area (Å²) in [7, 11) is 0. The summed E-state index contributed by atoms with van der Waals surface area (Å²) in [5.74, 6) is 0. The van der Waals surface area contributed by atoms with Gasteiger partial charge < -0.3 is 10.1 Å². The Kier molecular flexibility index (Phi) is 4.81. The molecule has 1 heterocycles. The molecule has 1 aliphatic rings. The molecule has 1 unspecified atom stereocenters. The van der Waals surface area contributed by atoms with Gasteiger partial charge in [-0.05, 0) is 28.8 Å². The van der Waals surface area contributed by atoms with E-state index in [4.69, 9.17) is 27.9 Å². The molecule has 1 atom stereocenters. The predicted octanol–water partition coefficient (Wildman–Crippen LogP) is 4.25. The molecule has 0 aromatic heterocycles. The fourth-order valence-electron chi connectivity index (χ4n) is 2.53. The lowest BCUT2D eigenvalue weighted by Crippen LogP contribution is -2.33. The third kappa shape index (κ3) is 3.58. The first-order chi connectivity index (χ1) is 10.2. The first-order valence-corrected chi connectivity index (χ1v) is 7.83. The monoisotopic (exact) mass is 321 g/mol. The lowest BCUT2D eigenvalue weighted by molar-refractivity contribution is 0.0277. The Balaban J connectivity index is 1.75. The van der Waals surface area contributed by atoms with Crippen LogP contribution in [0.1, 0.15) is 22.8 Å². The fraction of sp³-hybridized carbons (Fsp3) is 0.294. The van der Waals surface area contributed by atoms with E-state index in [0.717, 1.165) is 31.7 Å². The van der Waals surface area contributed by atoms with Gasteiger partial charge in [-0.3, -0.25) is 0 Å². The maximum atomic E-state index is 6.22. The molecule has 4 heteroatoms. The van der Waals surface area contributed by atoms with E-state index in [1.54, 1.807) is 0 Å². The minimum absolute atomic E-state index is 0.150. The molecule has 0 bridgehead atoms. The molecule has 2 nitrogen and oxygen atoms in total. The van der Waals surface area contributed by atoms with Crippen molar-refractivity contribution in [1.82, 2.24) is 5.32 Å². The molecule has 0 aliphatic carbocycles. The lowest BCUT2D eigenvalue weighted by atomic mass is 10.0. The average molecular weight is 322 g/mol. The molecule has 1 N–H and O–H groups in total. The Morgan fingerprint density at radius 3 is 2.38 bits per heavy atom. The average Bonchev–Trinajstić information content (AvgIpc) is 2.53. The van der Waals surface area contributed by atoms with Crippen molar-refractivity contribution in [2.24, 2.45) is 0 Å². The highest BCUT2D eigenvalue weighted by atomic mass is 35.5. The van der Waals surface area contributed by atoms with Gasteiger partial charge in [-0.2, -0.15) is 0 Å². The van der Waals surface area contributed by atoms with Gasteiger partial charge in [-0.15, -0.1) is 0 Å². The molecule has 1 saturated heterocycles. The molecular weight excluding hydrogens is 305 g/mol. The highest BCUT2D eigenvalue weighted by Crippen LogP contribution is 2.27. The van der Waals surface area contributed by atoms with Crippen molar-refractivity contribution in [2.45, 2.75) is 12.5 Å². The molecule has 0 radical (unpaired) electrons. The van der Waals surface area contributed by atoms with E-state index >= 15 is 0 Å². The summed E-state index contributed by atoms with van der Waals surface area (Å²) < 4.78 is 5.76. The Bertz CT molecular complexity index is 586. The minimum Gasteiger partial charge on any atom is -0.371 e. The minimum atomic E-state index is 0.150. The molecule has 21 heavy (non-hydrogen) atoms. The van der Waals surface area contributed by atoms with Gasteiger partial charge in [0.2, 0.25) is 0 Å². The van der Waals surface area contributed by atoms with Crippen molar-refractivity contribution in [2.75, 3.05) is 19.7 Å². The summed E-state index contributed by atoms with van der Waals surface area (Å²) in [5, 5.41) is 4.77. The van der Waals surface area contributed by atoms with Crippen LogP contribution in [0.3, 0.4) is 0 Å². The van der Waals surface area contributed by atoms with Crippen molar-refractivity contribution < 1.29 is 4.74 Å². The topological polar surface area (TPSA) is 21.3 Å². The molecule has 110 valence electrons. The van der Waals surface area contributed by atoms with Crippen molar-refractivity contribution in [3.8, 4) is 0 Å². The summed E-state index contributed by atoms with van der Waals surface area (Å²) in [6, 6.07) is 14.1. The number of ether oxygens (including phenoxy) is 1. The molecule has 1 aliphatic heterocycles. The number of hydrogen-bond donors (Lipinski definition) is 1. The second-order valence-corrected chi connectivity index (χ2v) is 6.00. The quantitative estimate of drug-likeness (QED) is 0.912. The van der Waals surface area contributed by atoms with Gasteiger partial charge in [0.15, 0.2) is 0 Å². The van der Waals surface area contributed by atoms with Crippen LogP contribution in [0.25, 0.3) is 0 Å². The normalized spacial score (nSPS) is 18.7. The summed E-state index contributed by atoms with van der Waals surface area (Å²) in [4.78, 5) is 0. The van der Waals surface area contributed by atoms with E-state index in [-0.39, 0.29) is 6.10 Å². The zero-order chi connectivity index (χ0) is 14.7. The molecule has 1 fully saturated rings. The third-order valence-corrected chi connectivity index (χ3v) is 4.43. The number of halogens is 2. The number of nitrogens with one attached hydrogen (secondary N) is 1. The van der Waals surface area contributed by atoms with E-state index in [1.165, 1.54) is 11.1 Å². The van der Waals surface area contributed by atoms with Gasteiger partial charge in [0.25, 0.3) is 0 Å². The van der Waals surface area contributed by atoms with E-state index in [9.17, 15) is 0 Å². The highest BCUT2D eigenvalue weighted by Gasteiger charge is 2.15. The van der Waals surface area contributed by atoms with Crippen LogP contribution in [-0.2, 0) is 11.2 Å². The summed E-state index contributed by atoms with van der Waals surface area (Å²) in [6.07, 6.45) is 0.888. The van der Waals surface area contributed by atoms with Gasteiger partial charge in [0.1, 0.15) is 0 Å². The zero-order valence-electron chi connectivity index (χ0n) is 11.6. The standard InChI is InChI=1S/C17H17Cl2NO/c18-15-2-1-3-16(19)14(15)10-12-4-6-13(7-5-12)17-11-20-8-9-21-17/h1-7,17,20H,8-11H2. The molecular formula is C17H17Cl2NO. The Hall–Kier alpha value is -1.06. The summed E-state index contributed by atoms with van der Waals surface area (Å²) in [6.45, 7) is 2.57. The number of hydrogen-bond acceptors (Lipinski definition) is 2. The van der Waals surface area contributed by atoms with Crippen LogP contribution in [0.15, 0.2) is 42.5 Å². The SMILES string of the molecule is Clc1cccc(Cl)c1Cc1ccc(C2CNCCO2)cc1. The van der Waals surface area contributed by atoms with Crippen LogP contribution in [0.5, 0.6) is 0 Å². The summed E-state index contributed by atoms with van der Waals surface area (Å²) >= 11 is 12.4. The molecule has 2 aromatic carbocycles. The van der Waals surface area contributed by atoms with Crippen LogP contribution < -0.4 is 5.32 Å². The number of morpholine rings is 1. The largest absolute Gasteiger partial charge is 0.371 e. The van der Waals surface area contributed by atoms with Crippen molar-refractivity contribution >= 4 is 23.2 Å². The van der Waals surface area contributed by atoms with Crippen LogP contribution in [0, 0.1) is 0 Å². The first kappa shape index (κ1) is 14.9. The Morgan fingerprint density at radius 1 is 1.05 bits per heavy atom. The van der Waals surface area contributed by atoms with E-state index < -0.39 is 0 Å². The van der Waals surface area contributed by atoms with Crippen molar-refractivity contribution in [3.63, 3.8) is 0 Å². The Morgan fingerprint density at radius 2 is 1.76 bits per heavy atom. The Labute approximate surface area is 135 Å². The zero-order valence-corrected chi connectivity index (χ0v) is 13.1. The first-order valence-electron chi connectivity index (χ1n) is 7.08. The molecule has 2 aromatic rings. The lowest BCUT2D eigenvalue weighted by Gasteiger charge is -2.24. The summed E-state index contributed by atoms with van der Waals surface area (Å²) in [5.41, 5.74) is 3.37. The van der Waals surface area contributed by atoms with Crippen LogP contribution in [-0.4, -0.2) is 19.7 Å². The molecule has 0 amide bonds.